The average Bonchev–Trinajstić information content (AvgIpc) is 2.69. The second-order valence-corrected chi connectivity index (χ2v) is 9.01. The number of piperazine rings is 1. The highest BCUT2D eigenvalue weighted by Gasteiger charge is 2.34. The van der Waals surface area contributed by atoms with Crippen LogP contribution >= 0.6 is 11.6 Å². The van der Waals surface area contributed by atoms with E-state index in [1.165, 1.54) is 11.1 Å². The highest BCUT2D eigenvalue weighted by molar-refractivity contribution is 6.30. The maximum atomic E-state index is 12.8. The van der Waals surface area contributed by atoms with Gasteiger partial charge in [0, 0.05) is 31.2 Å². The number of halogens is 1. The lowest BCUT2D eigenvalue weighted by atomic mass is 9.86. The minimum absolute atomic E-state index is 0.0508. The Morgan fingerprint density at radius 1 is 0.929 bits per heavy atom. The summed E-state index contributed by atoms with van der Waals surface area (Å²) in [4.78, 5) is 17.1. The number of carbonyl (C=O) groups excluding carboxylic acids is 1. The van der Waals surface area contributed by atoms with Crippen LogP contribution in [0, 0.1) is 5.41 Å². The largest absolute Gasteiger partial charge is 0.339 e. The highest BCUT2D eigenvalue weighted by atomic mass is 35.5. The third kappa shape index (κ3) is 4.75. The van der Waals surface area contributed by atoms with Crippen LogP contribution in [-0.4, -0.2) is 47.9 Å². The number of carbonyl (C=O) groups is 1. The molecule has 1 aliphatic rings. The Hall–Kier alpha value is -1.88. The predicted molar refractivity (Wildman–Crippen MR) is 115 cm³/mol. The van der Waals surface area contributed by atoms with E-state index in [-0.39, 0.29) is 17.4 Å². The Labute approximate surface area is 173 Å². The molecule has 2 aromatic carbocycles. The first kappa shape index (κ1) is 20.8. The molecular weight excluding hydrogens is 370 g/mol. The SMILES string of the molecule is CC(C)(C)[C@@H](N)C(=O)N1CCN(C(c2ccccc2)c2ccc(Cl)cc2)CC1. The van der Waals surface area contributed by atoms with Crippen molar-refractivity contribution in [3.63, 3.8) is 0 Å². The fourth-order valence-electron chi connectivity index (χ4n) is 3.66. The van der Waals surface area contributed by atoms with Crippen molar-refractivity contribution in [1.29, 1.82) is 0 Å². The van der Waals surface area contributed by atoms with Crippen LogP contribution in [0.4, 0.5) is 0 Å². The third-order valence-corrected chi connectivity index (χ3v) is 5.74. The summed E-state index contributed by atoms with van der Waals surface area (Å²) in [5.74, 6) is 0.0508. The number of hydrogen-bond acceptors (Lipinski definition) is 3. The van der Waals surface area contributed by atoms with Gasteiger partial charge in [-0.05, 0) is 28.7 Å². The molecule has 4 nitrogen and oxygen atoms in total. The smallest absolute Gasteiger partial charge is 0.240 e. The van der Waals surface area contributed by atoms with Gasteiger partial charge in [0.1, 0.15) is 0 Å². The predicted octanol–water partition coefficient (Wildman–Crippen LogP) is 3.95. The molecule has 0 radical (unpaired) electrons. The van der Waals surface area contributed by atoms with Gasteiger partial charge in [0.2, 0.25) is 5.91 Å². The maximum absolute atomic E-state index is 12.8. The number of benzene rings is 2. The van der Waals surface area contributed by atoms with Crippen molar-refractivity contribution in [2.24, 2.45) is 11.1 Å². The Kier molecular flexibility index (Phi) is 6.43. The summed E-state index contributed by atoms with van der Waals surface area (Å²) in [7, 11) is 0. The van der Waals surface area contributed by atoms with Gasteiger partial charge in [0.25, 0.3) is 0 Å². The molecular formula is C23H30ClN3O. The summed E-state index contributed by atoms with van der Waals surface area (Å²) >= 11 is 6.10. The monoisotopic (exact) mass is 399 g/mol. The summed E-state index contributed by atoms with van der Waals surface area (Å²) in [6, 6.07) is 18.2. The lowest BCUT2D eigenvalue weighted by Crippen LogP contribution is -2.56. The molecule has 28 heavy (non-hydrogen) atoms. The van der Waals surface area contributed by atoms with Gasteiger partial charge < -0.3 is 10.6 Å². The van der Waals surface area contributed by atoms with Gasteiger partial charge in [-0.25, -0.2) is 0 Å². The molecule has 1 aliphatic heterocycles. The first-order valence-corrected chi connectivity index (χ1v) is 10.2. The molecule has 2 N–H and O–H groups in total. The van der Waals surface area contributed by atoms with E-state index in [0.717, 1.165) is 18.1 Å². The fourth-order valence-corrected chi connectivity index (χ4v) is 3.79. The average molecular weight is 400 g/mol. The van der Waals surface area contributed by atoms with Gasteiger partial charge in [-0.3, -0.25) is 9.69 Å². The van der Waals surface area contributed by atoms with Crippen LogP contribution in [0.3, 0.4) is 0 Å². The summed E-state index contributed by atoms with van der Waals surface area (Å²) in [5.41, 5.74) is 8.42. The fraction of sp³-hybridized carbons (Fsp3) is 0.435. The molecule has 0 aromatic heterocycles. The van der Waals surface area contributed by atoms with E-state index >= 15 is 0 Å². The topological polar surface area (TPSA) is 49.6 Å². The van der Waals surface area contributed by atoms with E-state index in [2.05, 4.69) is 41.3 Å². The molecule has 2 atom stereocenters. The second kappa shape index (κ2) is 8.64. The molecule has 2 aromatic rings. The number of amides is 1. The summed E-state index contributed by atoms with van der Waals surface area (Å²) in [5, 5.41) is 0.738. The molecule has 0 bridgehead atoms. The summed E-state index contributed by atoms with van der Waals surface area (Å²) in [6.45, 7) is 9.04. The summed E-state index contributed by atoms with van der Waals surface area (Å²) < 4.78 is 0. The molecule has 1 unspecified atom stereocenters. The number of rotatable bonds is 4. The minimum Gasteiger partial charge on any atom is -0.339 e. The van der Waals surface area contributed by atoms with Crippen LogP contribution in [0.1, 0.15) is 37.9 Å². The molecule has 1 saturated heterocycles. The van der Waals surface area contributed by atoms with Gasteiger partial charge >= 0.3 is 0 Å². The quantitative estimate of drug-likeness (QED) is 0.846. The third-order valence-electron chi connectivity index (χ3n) is 5.49. The molecule has 0 aliphatic carbocycles. The molecule has 5 heteroatoms. The van der Waals surface area contributed by atoms with Crippen molar-refractivity contribution in [2.75, 3.05) is 26.2 Å². The molecule has 150 valence electrons. The number of nitrogens with zero attached hydrogens (tertiary/aromatic N) is 2. The van der Waals surface area contributed by atoms with Crippen LogP contribution < -0.4 is 5.73 Å². The highest BCUT2D eigenvalue weighted by Crippen LogP contribution is 2.30. The van der Waals surface area contributed by atoms with Crippen molar-refractivity contribution in [2.45, 2.75) is 32.9 Å². The van der Waals surface area contributed by atoms with E-state index < -0.39 is 6.04 Å². The Bertz CT molecular complexity index is 778. The Balaban J connectivity index is 1.77. The molecule has 0 spiro atoms. The Morgan fingerprint density at radius 2 is 1.46 bits per heavy atom. The summed E-state index contributed by atoms with van der Waals surface area (Å²) in [6.07, 6.45) is 0. The second-order valence-electron chi connectivity index (χ2n) is 8.57. The molecule has 0 saturated carbocycles. The molecule has 1 fully saturated rings. The van der Waals surface area contributed by atoms with Gasteiger partial charge in [0.15, 0.2) is 0 Å². The Morgan fingerprint density at radius 3 is 2.00 bits per heavy atom. The van der Waals surface area contributed by atoms with Crippen molar-refractivity contribution in [1.82, 2.24) is 9.80 Å². The van der Waals surface area contributed by atoms with Gasteiger partial charge in [-0.1, -0.05) is 74.8 Å². The molecule has 1 heterocycles. The van der Waals surface area contributed by atoms with Gasteiger partial charge in [-0.2, -0.15) is 0 Å². The lowest BCUT2D eigenvalue weighted by Gasteiger charge is -2.41. The van der Waals surface area contributed by atoms with Crippen molar-refractivity contribution < 1.29 is 4.79 Å². The van der Waals surface area contributed by atoms with E-state index in [9.17, 15) is 4.79 Å². The zero-order chi connectivity index (χ0) is 20.3. The van der Waals surface area contributed by atoms with Crippen LogP contribution in [-0.2, 0) is 4.79 Å². The van der Waals surface area contributed by atoms with Crippen LogP contribution in [0.5, 0.6) is 0 Å². The van der Waals surface area contributed by atoms with Crippen LogP contribution in [0.25, 0.3) is 0 Å². The van der Waals surface area contributed by atoms with E-state index in [1.54, 1.807) is 0 Å². The van der Waals surface area contributed by atoms with Crippen LogP contribution in [0.15, 0.2) is 54.6 Å². The van der Waals surface area contributed by atoms with E-state index in [0.29, 0.717) is 13.1 Å². The van der Waals surface area contributed by atoms with Crippen LogP contribution in [0.2, 0.25) is 5.02 Å². The molecule has 1 amide bonds. The lowest BCUT2D eigenvalue weighted by molar-refractivity contribution is -0.137. The first-order valence-electron chi connectivity index (χ1n) is 9.86. The van der Waals surface area contributed by atoms with Crippen molar-refractivity contribution in [3.8, 4) is 0 Å². The van der Waals surface area contributed by atoms with Crippen molar-refractivity contribution in [3.05, 3.63) is 70.7 Å². The zero-order valence-corrected chi connectivity index (χ0v) is 17.7. The van der Waals surface area contributed by atoms with Crippen molar-refractivity contribution >= 4 is 17.5 Å². The minimum atomic E-state index is -0.472. The maximum Gasteiger partial charge on any atom is 0.240 e. The standard InChI is InChI=1S/C23H30ClN3O/c1-23(2,3)21(25)22(28)27-15-13-26(14-16-27)20(17-7-5-4-6-8-17)18-9-11-19(24)12-10-18/h4-12,20-21H,13-16,25H2,1-3H3/t20?,21-/m0/s1. The molecule has 3 rings (SSSR count). The number of nitrogens with two attached hydrogens (primary N) is 1. The first-order chi connectivity index (χ1) is 13.3. The normalized spacial score (nSPS) is 18.0. The van der Waals surface area contributed by atoms with E-state index in [4.69, 9.17) is 17.3 Å². The van der Waals surface area contributed by atoms with Gasteiger partial charge in [-0.15, -0.1) is 0 Å². The van der Waals surface area contributed by atoms with E-state index in [1.807, 2.05) is 43.9 Å². The zero-order valence-electron chi connectivity index (χ0n) is 16.9. The van der Waals surface area contributed by atoms with Gasteiger partial charge in [0.05, 0.1) is 12.1 Å². The number of hydrogen-bond donors (Lipinski definition) is 1.